The lowest BCUT2D eigenvalue weighted by atomic mass is 10.1. The van der Waals surface area contributed by atoms with Gasteiger partial charge in [-0.1, -0.05) is 6.92 Å². The second kappa shape index (κ2) is 6.36. The summed E-state index contributed by atoms with van der Waals surface area (Å²) in [7, 11) is 0. The van der Waals surface area contributed by atoms with Crippen molar-refractivity contribution >= 4 is 11.9 Å². The molecular weight excluding hydrogens is 277 g/mol. The highest BCUT2D eigenvalue weighted by molar-refractivity contribution is 5.82. The third kappa shape index (κ3) is 4.52. The fraction of sp³-hybridized carbons (Fsp3) is 0.417. The van der Waals surface area contributed by atoms with Crippen molar-refractivity contribution in [3.63, 3.8) is 0 Å². The fourth-order valence-electron chi connectivity index (χ4n) is 1.52. The average Bonchev–Trinajstić information content (AvgIpc) is 2.37. The molecule has 1 N–H and O–H groups in total. The molecular formula is C12H13F3N2O3. The Labute approximate surface area is 113 Å². The summed E-state index contributed by atoms with van der Waals surface area (Å²) < 4.78 is 37.5. The van der Waals surface area contributed by atoms with Crippen LogP contribution in [0.25, 0.3) is 0 Å². The van der Waals surface area contributed by atoms with Gasteiger partial charge in [-0.2, -0.15) is 13.2 Å². The lowest BCUT2D eigenvalue weighted by molar-refractivity contribution is -0.187. The van der Waals surface area contributed by atoms with E-state index in [0.29, 0.717) is 10.5 Å². The standard InChI is InChI=1S/C12H13F3N2O3/c1-8(10(18)19)6-17(11(20)12(13,14)15)7-9-2-4-16-5-3-9/h2-5,8H,6-7H2,1H3,(H,18,19). The van der Waals surface area contributed by atoms with Crippen LogP contribution in [0.15, 0.2) is 24.5 Å². The minimum atomic E-state index is -5.04. The van der Waals surface area contributed by atoms with Crippen LogP contribution in [0.4, 0.5) is 13.2 Å². The van der Waals surface area contributed by atoms with Gasteiger partial charge in [-0.05, 0) is 17.7 Å². The van der Waals surface area contributed by atoms with Gasteiger partial charge in [0.05, 0.1) is 5.92 Å². The summed E-state index contributed by atoms with van der Waals surface area (Å²) in [5.74, 6) is -4.41. The number of carboxylic acids is 1. The lowest BCUT2D eigenvalue weighted by Crippen LogP contribution is -2.43. The maximum absolute atomic E-state index is 12.5. The molecule has 0 aliphatic rings. The molecule has 1 rings (SSSR count). The first kappa shape index (κ1) is 15.9. The Hall–Kier alpha value is -2.12. The summed E-state index contributed by atoms with van der Waals surface area (Å²) in [5.41, 5.74) is 0.440. The number of carbonyl (C=O) groups excluding carboxylic acids is 1. The third-order valence-corrected chi connectivity index (χ3v) is 2.57. The molecule has 20 heavy (non-hydrogen) atoms. The number of aromatic nitrogens is 1. The zero-order valence-electron chi connectivity index (χ0n) is 10.6. The van der Waals surface area contributed by atoms with Gasteiger partial charge < -0.3 is 10.0 Å². The fourth-order valence-corrected chi connectivity index (χ4v) is 1.52. The molecule has 0 spiro atoms. The number of carbonyl (C=O) groups is 2. The molecule has 1 amide bonds. The normalized spacial score (nSPS) is 12.8. The van der Waals surface area contributed by atoms with Crippen LogP contribution in [0.3, 0.4) is 0 Å². The van der Waals surface area contributed by atoms with E-state index in [1.807, 2.05) is 0 Å². The third-order valence-electron chi connectivity index (χ3n) is 2.57. The topological polar surface area (TPSA) is 70.5 Å². The highest BCUT2D eigenvalue weighted by Gasteiger charge is 2.43. The number of hydrogen-bond acceptors (Lipinski definition) is 3. The molecule has 1 unspecified atom stereocenters. The quantitative estimate of drug-likeness (QED) is 0.896. The van der Waals surface area contributed by atoms with Crippen molar-refractivity contribution in [2.45, 2.75) is 19.6 Å². The molecule has 0 radical (unpaired) electrons. The van der Waals surface area contributed by atoms with Crippen LogP contribution in [-0.4, -0.2) is 39.6 Å². The first-order chi connectivity index (χ1) is 9.21. The molecule has 1 heterocycles. The molecule has 0 aromatic carbocycles. The number of pyridine rings is 1. The second-order valence-corrected chi connectivity index (χ2v) is 4.28. The van der Waals surface area contributed by atoms with Gasteiger partial charge in [0.2, 0.25) is 0 Å². The number of carboxylic acid groups (broad SMARTS) is 1. The van der Waals surface area contributed by atoms with Gasteiger partial charge in [0.15, 0.2) is 0 Å². The molecule has 1 aromatic rings. The molecule has 110 valence electrons. The molecule has 0 saturated heterocycles. The first-order valence-corrected chi connectivity index (χ1v) is 5.69. The predicted molar refractivity (Wildman–Crippen MR) is 62.5 cm³/mol. The Bertz CT molecular complexity index is 477. The van der Waals surface area contributed by atoms with Crippen LogP contribution < -0.4 is 0 Å². The Morgan fingerprint density at radius 3 is 2.35 bits per heavy atom. The highest BCUT2D eigenvalue weighted by atomic mass is 19.4. The number of amides is 1. The number of halogens is 3. The van der Waals surface area contributed by atoms with Crippen LogP contribution in [0, 0.1) is 5.92 Å². The van der Waals surface area contributed by atoms with Gasteiger partial charge in [0.25, 0.3) is 0 Å². The van der Waals surface area contributed by atoms with Crippen LogP contribution in [0.2, 0.25) is 0 Å². The Morgan fingerprint density at radius 1 is 1.35 bits per heavy atom. The molecule has 5 nitrogen and oxygen atoms in total. The highest BCUT2D eigenvalue weighted by Crippen LogP contribution is 2.21. The zero-order valence-corrected chi connectivity index (χ0v) is 10.6. The van der Waals surface area contributed by atoms with E-state index < -0.39 is 30.5 Å². The van der Waals surface area contributed by atoms with Crippen molar-refractivity contribution in [2.75, 3.05) is 6.54 Å². The van der Waals surface area contributed by atoms with Crippen LogP contribution >= 0.6 is 0 Å². The number of nitrogens with zero attached hydrogens (tertiary/aromatic N) is 2. The van der Waals surface area contributed by atoms with E-state index in [1.165, 1.54) is 31.5 Å². The maximum Gasteiger partial charge on any atom is 0.471 e. The maximum atomic E-state index is 12.5. The van der Waals surface area contributed by atoms with Crippen molar-refractivity contribution in [1.29, 1.82) is 0 Å². The minimum Gasteiger partial charge on any atom is -0.481 e. The van der Waals surface area contributed by atoms with Gasteiger partial charge in [-0.25, -0.2) is 0 Å². The smallest absolute Gasteiger partial charge is 0.471 e. The van der Waals surface area contributed by atoms with Crippen LogP contribution in [0.5, 0.6) is 0 Å². The average molecular weight is 290 g/mol. The number of hydrogen-bond donors (Lipinski definition) is 1. The zero-order chi connectivity index (χ0) is 15.3. The van der Waals surface area contributed by atoms with Gasteiger partial charge >= 0.3 is 18.1 Å². The summed E-state index contributed by atoms with van der Waals surface area (Å²) >= 11 is 0. The van der Waals surface area contributed by atoms with E-state index in [0.717, 1.165) is 0 Å². The molecule has 1 atom stereocenters. The summed E-state index contributed by atoms with van der Waals surface area (Å²) in [5, 5.41) is 8.75. The monoisotopic (exact) mass is 290 g/mol. The Balaban J connectivity index is 2.90. The van der Waals surface area contributed by atoms with Crippen LogP contribution in [0.1, 0.15) is 12.5 Å². The van der Waals surface area contributed by atoms with E-state index in [-0.39, 0.29) is 6.54 Å². The van der Waals surface area contributed by atoms with Crippen molar-refractivity contribution in [3.8, 4) is 0 Å². The van der Waals surface area contributed by atoms with Crippen molar-refractivity contribution in [2.24, 2.45) is 5.92 Å². The van der Waals surface area contributed by atoms with E-state index in [1.54, 1.807) is 0 Å². The Morgan fingerprint density at radius 2 is 1.90 bits per heavy atom. The number of aliphatic carboxylic acids is 1. The van der Waals surface area contributed by atoms with Gasteiger partial charge in [0.1, 0.15) is 0 Å². The van der Waals surface area contributed by atoms with Crippen LogP contribution in [-0.2, 0) is 16.1 Å². The van der Waals surface area contributed by atoms with Crippen molar-refractivity contribution in [1.82, 2.24) is 9.88 Å². The lowest BCUT2D eigenvalue weighted by Gasteiger charge is -2.25. The SMILES string of the molecule is CC(CN(Cc1ccncc1)C(=O)C(F)(F)F)C(=O)O. The largest absolute Gasteiger partial charge is 0.481 e. The summed E-state index contributed by atoms with van der Waals surface area (Å²) in [4.78, 5) is 26.2. The van der Waals surface area contributed by atoms with E-state index in [9.17, 15) is 22.8 Å². The van der Waals surface area contributed by atoms with Crippen molar-refractivity contribution in [3.05, 3.63) is 30.1 Å². The molecule has 8 heteroatoms. The summed E-state index contributed by atoms with van der Waals surface area (Å²) in [6.07, 6.45) is -2.27. The molecule has 0 fully saturated rings. The summed E-state index contributed by atoms with van der Waals surface area (Å²) in [6, 6.07) is 2.92. The van der Waals surface area contributed by atoms with E-state index in [2.05, 4.69) is 4.98 Å². The van der Waals surface area contributed by atoms with Gasteiger partial charge in [-0.3, -0.25) is 14.6 Å². The van der Waals surface area contributed by atoms with Gasteiger partial charge in [-0.15, -0.1) is 0 Å². The van der Waals surface area contributed by atoms with Crippen molar-refractivity contribution < 1.29 is 27.9 Å². The van der Waals surface area contributed by atoms with E-state index in [4.69, 9.17) is 5.11 Å². The molecule has 0 aliphatic carbocycles. The molecule has 0 aliphatic heterocycles. The molecule has 0 bridgehead atoms. The molecule has 1 aromatic heterocycles. The second-order valence-electron chi connectivity index (χ2n) is 4.28. The summed E-state index contributed by atoms with van der Waals surface area (Å²) in [6.45, 7) is 0.403. The number of alkyl halides is 3. The van der Waals surface area contributed by atoms with Gasteiger partial charge in [0, 0.05) is 25.5 Å². The van der Waals surface area contributed by atoms with E-state index >= 15 is 0 Å². The minimum absolute atomic E-state index is 0.321. The molecule has 0 saturated carbocycles. The number of rotatable bonds is 5. The predicted octanol–water partition coefficient (Wildman–Crippen LogP) is 1.69. The Kier molecular flexibility index (Phi) is 5.06. The first-order valence-electron chi connectivity index (χ1n) is 5.69.